The highest BCUT2D eigenvalue weighted by Crippen LogP contribution is 2.20. The molecular formula is C15H24FN3O2. The lowest BCUT2D eigenvalue weighted by Gasteiger charge is -2.38. The second-order valence-electron chi connectivity index (χ2n) is 5.87. The van der Waals surface area contributed by atoms with Gasteiger partial charge < -0.3 is 15.6 Å². The first-order valence-electron chi connectivity index (χ1n) is 7.35. The van der Waals surface area contributed by atoms with Gasteiger partial charge in [0.15, 0.2) is 0 Å². The van der Waals surface area contributed by atoms with Crippen LogP contribution in [-0.2, 0) is 4.74 Å². The lowest BCUT2D eigenvalue weighted by atomic mass is 9.98. The van der Waals surface area contributed by atoms with Gasteiger partial charge in [-0.15, -0.1) is 0 Å². The largest absolute Gasteiger partial charge is 0.394 e. The molecule has 5 nitrogen and oxygen atoms in total. The van der Waals surface area contributed by atoms with Crippen LogP contribution in [0.4, 0.5) is 4.39 Å². The summed E-state index contributed by atoms with van der Waals surface area (Å²) in [5.74, 6) is -0.181. The molecule has 2 rings (SSSR count). The maximum absolute atomic E-state index is 12.9. The third-order valence-electron chi connectivity index (χ3n) is 3.86. The van der Waals surface area contributed by atoms with E-state index in [-0.39, 0.29) is 36.6 Å². The SMILES string of the molecule is CC1CN(CC(C)C(N)c2ccc(F)cn2)CC(CO)O1. The molecule has 6 heteroatoms. The van der Waals surface area contributed by atoms with Gasteiger partial charge in [0.05, 0.1) is 36.7 Å². The fraction of sp³-hybridized carbons (Fsp3) is 0.667. The van der Waals surface area contributed by atoms with E-state index in [2.05, 4.69) is 16.8 Å². The molecule has 4 unspecified atom stereocenters. The molecule has 0 spiro atoms. The van der Waals surface area contributed by atoms with Crippen molar-refractivity contribution in [3.8, 4) is 0 Å². The number of aliphatic hydroxyl groups is 1. The van der Waals surface area contributed by atoms with Gasteiger partial charge in [0, 0.05) is 19.6 Å². The van der Waals surface area contributed by atoms with E-state index in [1.54, 1.807) is 6.07 Å². The summed E-state index contributed by atoms with van der Waals surface area (Å²) in [6, 6.07) is 2.78. The smallest absolute Gasteiger partial charge is 0.141 e. The summed E-state index contributed by atoms with van der Waals surface area (Å²) in [6.07, 6.45) is 1.16. The molecule has 118 valence electrons. The van der Waals surface area contributed by atoms with Crippen LogP contribution in [0, 0.1) is 11.7 Å². The van der Waals surface area contributed by atoms with E-state index in [0.717, 1.165) is 13.1 Å². The highest BCUT2D eigenvalue weighted by Gasteiger charge is 2.27. The van der Waals surface area contributed by atoms with Crippen LogP contribution in [0.25, 0.3) is 0 Å². The maximum atomic E-state index is 12.9. The number of halogens is 1. The van der Waals surface area contributed by atoms with E-state index in [1.165, 1.54) is 12.3 Å². The molecule has 0 aliphatic carbocycles. The minimum absolute atomic E-state index is 0.0286. The Hall–Kier alpha value is -1.08. The van der Waals surface area contributed by atoms with Crippen LogP contribution in [0.2, 0.25) is 0 Å². The Kier molecular flexibility index (Phi) is 5.64. The Balaban J connectivity index is 1.93. The van der Waals surface area contributed by atoms with E-state index in [1.807, 2.05) is 6.92 Å². The van der Waals surface area contributed by atoms with Crippen molar-refractivity contribution in [3.63, 3.8) is 0 Å². The number of rotatable bonds is 5. The van der Waals surface area contributed by atoms with Crippen molar-refractivity contribution in [2.24, 2.45) is 11.7 Å². The van der Waals surface area contributed by atoms with Gasteiger partial charge in [-0.25, -0.2) is 4.39 Å². The molecule has 1 saturated heterocycles. The summed E-state index contributed by atoms with van der Waals surface area (Å²) in [5.41, 5.74) is 6.91. The highest BCUT2D eigenvalue weighted by atomic mass is 19.1. The zero-order valence-electron chi connectivity index (χ0n) is 12.6. The quantitative estimate of drug-likeness (QED) is 0.846. The standard InChI is InChI=1S/C15H24FN3O2/c1-10(15(17)14-4-3-12(16)5-18-14)6-19-7-11(2)21-13(8-19)9-20/h3-5,10-11,13,15,20H,6-9,17H2,1-2H3. The van der Waals surface area contributed by atoms with Gasteiger partial charge >= 0.3 is 0 Å². The molecule has 1 aliphatic heterocycles. The van der Waals surface area contributed by atoms with Crippen molar-refractivity contribution >= 4 is 0 Å². The number of ether oxygens (including phenoxy) is 1. The first-order chi connectivity index (χ1) is 9.99. The maximum Gasteiger partial charge on any atom is 0.141 e. The number of nitrogens with zero attached hydrogens (tertiary/aromatic N) is 2. The Labute approximate surface area is 124 Å². The van der Waals surface area contributed by atoms with Crippen molar-refractivity contribution in [3.05, 3.63) is 29.8 Å². The summed E-state index contributed by atoms with van der Waals surface area (Å²) < 4.78 is 18.5. The van der Waals surface area contributed by atoms with Crippen molar-refractivity contribution in [1.29, 1.82) is 0 Å². The van der Waals surface area contributed by atoms with E-state index in [9.17, 15) is 9.50 Å². The zero-order chi connectivity index (χ0) is 15.4. The third-order valence-corrected chi connectivity index (χ3v) is 3.86. The molecule has 4 atom stereocenters. The Morgan fingerprint density at radius 1 is 1.52 bits per heavy atom. The van der Waals surface area contributed by atoms with Crippen LogP contribution in [-0.4, -0.2) is 53.4 Å². The predicted octanol–water partition coefficient (Wildman–Crippen LogP) is 0.938. The summed E-state index contributed by atoms with van der Waals surface area (Å²) in [6.45, 7) is 6.41. The van der Waals surface area contributed by atoms with Crippen molar-refractivity contribution in [2.45, 2.75) is 32.1 Å². The minimum Gasteiger partial charge on any atom is -0.394 e. The van der Waals surface area contributed by atoms with Crippen molar-refractivity contribution in [2.75, 3.05) is 26.2 Å². The topological polar surface area (TPSA) is 71.6 Å². The molecule has 0 aromatic carbocycles. The van der Waals surface area contributed by atoms with Crippen LogP contribution < -0.4 is 5.73 Å². The predicted molar refractivity (Wildman–Crippen MR) is 78.1 cm³/mol. The average molecular weight is 297 g/mol. The van der Waals surface area contributed by atoms with Crippen LogP contribution in [0.5, 0.6) is 0 Å². The van der Waals surface area contributed by atoms with E-state index in [4.69, 9.17) is 10.5 Å². The number of pyridine rings is 1. The van der Waals surface area contributed by atoms with Gasteiger partial charge in [-0.1, -0.05) is 6.92 Å². The molecule has 3 N–H and O–H groups in total. The first-order valence-corrected chi connectivity index (χ1v) is 7.35. The average Bonchev–Trinajstić information content (AvgIpc) is 2.46. The van der Waals surface area contributed by atoms with E-state index in [0.29, 0.717) is 12.2 Å². The van der Waals surface area contributed by atoms with E-state index >= 15 is 0 Å². The van der Waals surface area contributed by atoms with Crippen LogP contribution in [0.15, 0.2) is 18.3 Å². The number of nitrogens with two attached hydrogens (primary N) is 1. The van der Waals surface area contributed by atoms with Gasteiger partial charge in [-0.05, 0) is 25.0 Å². The molecule has 1 aromatic rings. The summed E-state index contributed by atoms with van der Waals surface area (Å²) in [4.78, 5) is 6.31. The number of morpholine rings is 1. The fourth-order valence-corrected chi connectivity index (χ4v) is 2.79. The summed E-state index contributed by atoms with van der Waals surface area (Å²) >= 11 is 0. The number of hydrogen-bond acceptors (Lipinski definition) is 5. The summed E-state index contributed by atoms with van der Waals surface area (Å²) in [5, 5.41) is 9.25. The molecule has 0 saturated carbocycles. The molecule has 0 amide bonds. The Bertz CT molecular complexity index is 443. The molecule has 0 radical (unpaired) electrons. The Morgan fingerprint density at radius 2 is 2.29 bits per heavy atom. The third kappa shape index (κ3) is 4.44. The van der Waals surface area contributed by atoms with Gasteiger partial charge in [0.1, 0.15) is 5.82 Å². The molecule has 0 bridgehead atoms. The van der Waals surface area contributed by atoms with Gasteiger partial charge in [0.25, 0.3) is 0 Å². The van der Waals surface area contributed by atoms with Crippen molar-refractivity contribution in [1.82, 2.24) is 9.88 Å². The Morgan fingerprint density at radius 3 is 2.90 bits per heavy atom. The second-order valence-corrected chi connectivity index (χ2v) is 5.87. The normalized spacial score (nSPS) is 26.5. The number of aromatic nitrogens is 1. The zero-order valence-corrected chi connectivity index (χ0v) is 12.6. The van der Waals surface area contributed by atoms with Crippen LogP contribution >= 0.6 is 0 Å². The van der Waals surface area contributed by atoms with Crippen molar-refractivity contribution < 1.29 is 14.2 Å². The number of aliphatic hydroxyl groups excluding tert-OH is 1. The van der Waals surface area contributed by atoms with Gasteiger partial charge in [0.2, 0.25) is 0 Å². The lowest BCUT2D eigenvalue weighted by Crippen LogP contribution is -2.49. The monoisotopic (exact) mass is 297 g/mol. The highest BCUT2D eigenvalue weighted by molar-refractivity contribution is 5.10. The molecule has 1 fully saturated rings. The first kappa shape index (κ1) is 16.3. The molecule has 21 heavy (non-hydrogen) atoms. The van der Waals surface area contributed by atoms with Crippen LogP contribution in [0.3, 0.4) is 0 Å². The molecular weight excluding hydrogens is 273 g/mol. The fourth-order valence-electron chi connectivity index (χ4n) is 2.79. The molecule has 2 heterocycles. The van der Waals surface area contributed by atoms with Gasteiger partial charge in [-0.3, -0.25) is 9.88 Å². The minimum atomic E-state index is -0.355. The second kappa shape index (κ2) is 7.26. The lowest BCUT2D eigenvalue weighted by molar-refractivity contribution is -0.0979. The molecule has 1 aliphatic rings. The van der Waals surface area contributed by atoms with E-state index < -0.39 is 0 Å². The number of hydrogen-bond donors (Lipinski definition) is 2. The summed E-state index contributed by atoms with van der Waals surface area (Å²) in [7, 11) is 0. The molecule has 1 aromatic heterocycles. The van der Waals surface area contributed by atoms with Gasteiger partial charge in [-0.2, -0.15) is 0 Å². The van der Waals surface area contributed by atoms with Crippen LogP contribution in [0.1, 0.15) is 25.6 Å².